The van der Waals surface area contributed by atoms with E-state index in [0.29, 0.717) is 5.56 Å². The zero-order valence-corrected chi connectivity index (χ0v) is 12.8. The SMILES string of the molecule is CCCCCN.O=C(c1ccccc1)c1cccc(O)c1O. The second-order valence-electron chi connectivity index (χ2n) is 4.86. The van der Waals surface area contributed by atoms with Gasteiger partial charge in [0.1, 0.15) is 0 Å². The zero-order chi connectivity index (χ0) is 16.4. The maximum absolute atomic E-state index is 11.9. The summed E-state index contributed by atoms with van der Waals surface area (Å²) in [6.45, 7) is 3.03. The van der Waals surface area contributed by atoms with Crippen LogP contribution in [-0.2, 0) is 0 Å². The lowest BCUT2D eigenvalue weighted by atomic mass is 10.0. The zero-order valence-electron chi connectivity index (χ0n) is 12.8. The number of carbonyl (C=O) groups is 1. The minimum Gasteiger partial charge on any atom is -0.504 e. The maximum Gasteiger partial charge on any atom is 0.196 e. The quantitative estimate of drug-likeness (QED) is 0.448. The van der Waals surface area contributed by atoms with Crippen molar-refractivity contribution in [1.82, 2.24) is 0 Å². The first-order chi connectivity index (χ1) is 10.6. The Morgan fingerprint density at radius 3 is 2.23 bits per heavy atom. The van der Waals surface area contributed by atoms with Crippen molar-refractivity contribution in [2.45, 2.75) is 26.2 Å². The molecule has 2 aromatic rings. The van der Waals surface area contributed by atoms with Gasteiger partial charge in [-0.1, -0.05) is 56.2 Å². The second kappa shape index (κ2) is 9.58. The highest BCUT2D eigenvalue weighted by Crippen LogP contribution is 2.29. The van der Waals surface area contributed by atoms with Crippen LogP contribution in [0.15, 0.2) is 48.5 Å². The number of nitrogens with two attached hydrogens (primary N) is 1. The Morgan fingerprint density at radius 2 is 1.68 bits per heavy atom. The number of hydrogen-bond donors (Lipinski definition) is 3. The fourth-order valence-corrected chi connectivity index (χ4v) is 1.85. The molecule has 2 aromatic carbocycles. The minimum absolute atomic E-state index is 0.103. The van der Waals surface area contributed by atoms with Crippen LogP contribution in [0.3, 0.4) is 0 Å². The summed E-state index contributed by atoms with van der Waals surface area (Å²) >= 11 is 0. The highest BCUT2D eigenvalue weighted by molar-refractivity contribution is 6.11. The van der Waals surface area contributed by atoms with Gasteiger partial charge in [-0.15, -0.1) is 0 Å². The first-order valence-electron chi connectivity index (χ1n) is 7.42. The number of ketones is 1. The van der Waals surface area contributed by atoms with Crippen LogP contribution in [0, 0.1) is 0 Å². The van der Waals surface area contributed by atoms with E-state index in [4.69, 9.17) is 5.73 Å². The molecule has 22 heavy (non-hydrogen) atoms. The second-order valence-corrected chi connectivity index (χ2v) is 4.86. The summed E-state index contributed by atoms with van der Waals surface area (Å²) in [7, 11) is 0. The molecule has 4 N–H and O–H groups in total. The minimum atomic E-state index is -0.378. The molecule has 0 spiro atoms. The smallest absolute Gasteiger partial charge is 0.196 e. The average Bonchev–Trinajstić information content (AvgIpc) is 2.56. The van der Waals surface area contributed by atoms with Gasteiger partial charge < -0.3 is 15.9 Å². The fourth-order valence-electron chi connectivity index (χ4n) is 1.85. The van der Waals surface area contributed by atoms with Crippen molar-refractivity contribution < 1.29 is 15.0 Å². The number of rotatable bonds is 5. The van der Waals surface area contributed by atoms with E-state index in [9.17, 15) is 15.0 Å². The molecule has 4 nitrogen and oxygen atoms in total. The van der Waals surface area contributed by atoms with E-state index in [0.717, 1.165) is 6.54 Å². The van der Waals surface area contributed by atoms with Crippen LogP contribution in [0.1, 0.15) is 42.1 Å². The molecule has 2 rings (SSSR count). The molecule has 0 fully saturated rings. The molecule has 0 aliphatic carbocycles. The molecule has 0 saturated heterocycles. The number of phenols is 2. The van der Waals surface area contributed by atoms with Crippen molar-refractivity contribution in [3.8, 4) is 11.5 Å². The van der Waals surface area contributed by atoms with Crippen molar-refractivity contribution in [3.05, 3.63) is 59.7 Å². The lowest BCUT2D eigenvalue weighted by molar-refractivity contribution is 0.103. The molecule has 0 aliphatic heterocycles. The normalized spacial score (nSPS) is 9.73. The monoisotopic (exact) mass is 301 g/mol. The predicted octanol–water partition coefficient (Wildman–Crippen LogP) is 3.46. The Balaban J connectivity index is 0.000000346. The van der Waals surface area contributed by atoms with Crippen LogP contribution in [-0.4, -0.2) is 22.5 Å². The standard InChI is InChI=1S/C13H10O3.C5H13N/c14-11-8-4-7-10(13(11)16)12(15)9-5-2-1-3-6-9;1-2-3-4-5-6/h1-8,14,16H;2-6H2,1H3. The van der Waals surface area contributed by atoms with Gasteiger partial charge in [-0.05, 0) is 25.1 Å². The summed E-state index contributed by atoms with van der Waals surface area (Å²) in [5.74, 6) is -0.980. The molecule has 0 heterocycles. The van der Waals surface area contributed by atoms with E-state index >= 15 is 0 Å². The molecular weight excluding hydrogens is 278 g/mol. The lowest BCUT2D eigenvalue weighted by Crippen LogP contribution is -2.01. The van der Waals surface area contributed by atoms with Gasteiger partial charge >= 0.3 is 0 Å². The highest BCUT2D eigenvalue weighted by Gasteiger charge is 2.15. The topological polar surface area (TPSA) is 83.6 Å². The van der Waals surface area contributed by atoms with Crippen molar-refractivity contribution >= 4 is 5.78 Å². The van der Waals surface area contributed by atoms with Gasteiger partial charge in [0, 0.05) is 5.56 Å². The van der Waals surface area contributed by atoms with E-state index in [1.54, 1.807) is 30.3 Å². The molecular formula is C18H23NO3. The Bertz CT molecular complexity index is 578. The first kappa shape index (κ1) is 17.7. The highest BCUT2D eigenvalue weighted by atomic mass is 16.3. The average molecular weight is 301 g/mol. The van der Waals surface area contributed by atoms with Gasteiger partial charge in [0.2, 0.25) is 0 Å². The van der Waals surface area contributed by atoms with Crippen molar-refractivity contribution in [2.24, 2.45) is 5.73 Å². The van der Waals surface area contributed by atoms with Gasteiger partial charge in [-0.2, -0.15) is 0 Å². The van der Waals surface area contributed by atoms with Crippen molar-refractivity contribution in [3.63, 3.8) is 0 Å². The largest absolute Gasteiger partial charge is 0.504 e. The fraction of sp³-hybridized carbons (Fsp3) is 0.278. The molecule has 0 atom stereocenters. The van der Waals surface area contributed by atoms with Crippen LogP contribution in [0.2, 0.25) is 0 Å². The van der Waals surface area contributed by atoms with Gasteiger partial charge in [-0.25, -0.2) is 0 Å². The third kappa shape index (κ3) is 5.22. The van der Waals surface area contributed by atoms with Crippen LogP contribution >= 0.6 is 0 Å². The summed E-state index contributed by atoms with van der Waals surface area (Å²) in [6.07, 6.45) is 3.75. The van der Waals surface area contributed by atoms with Crippen LogP contribution in [0.25, 0.3) is 0 Å². The maximum atomic E-state index is 11.9. The van der Waals surface area contributed by atoms with Gasteiger partial charge in [0.15, 0.2) is 17.3 Å². The molecule has 0 unspecified atom stereocenters. The van der Waals surface area contributed by atoms with Crippen molar-refractivity contribution in [1.29, 1.82) is 0 Å². The number of carbonyl (C=O) groups excluding carboxylic acids is 1. The number of para-hydroxylation sites is 1. The predicted molar refractivity (Wildman–Crippen MR) is 88.2 cm³/mol. The lowest BCUT2D eigenvalue weighted by Gasteiger charge is -2.04. The van der Waals surface area contributed by atoms with E-state index < -0.39 is 0 Å². The third-order valence-electron chi connectivity index (χ3n) is 3.10. The van der Waals surface area contributed by atoms with Gasteiger partial charge in [-0.3, -0.25) is 4.79 Å². The van der Waals surface area contributed by atoms with Gasteiger partial charge in [0.05, 0.1) is 5.56 Å². The van der Waals surface area contributed by atoms with Crippen LogP contribution < -0.4 is 5.73 Å². The Hall–Kier alpha value is -2.33. The van der Waals surface area contributed by atoms with Gasteiger partial charge in [0.25, 0.3) is 0 Å². The summed E-state index contributed by atoms with van der Waals surface area (Å²) in [6, 6.07) is 12.9. The summed E-state index contributed by atoms with van der Waals surface area (Å²) in [5.41, 5.74) is 5.79. The summed E-state index contributed by atoms with van der Waals surface area (Å²) in [5, 5.41) is 18.9. The first-order valence-corrected chi connectivity index (χ1v) is 7.42. The molecule has 0 aliphatic rings. The molecule has 0 radical (unpaired) electrons. The Kier molecular flexibility index (Phi) is 7.72. The van der Waals surface area contributed by atoms with E-state index in [2.05, 4.69) is 6.92 Å². The Labute approximate surface area is 131 Å². The molecule has 0 saturated carbocycles. The summed E-state index contributed by atoms with van der Waals surface area (Å²) < 4.78 is 0. The van der Waals surface area contributed by atoms with Crippen LogP contribution in [0.4, 0.5) is 0 Å². The molecule has 118 valence electrons. The molecule has 0 bridgehead atoms. The number of aromatic hydroxyl groups is 2. The van der Waals surface area contributed by atoms with E-state index in [-0.39, 0.29) is 22.8 Å². The Morgan fingerprint density at radius 1 is 1.00 bits per heavy atom. The van der Waals surface area contributed by atoms with E-state index in [1.807, 2.05) is 0 Å². The molecule has 0 amide bonds. The number of phenolic OH excluding ortho intramolecular Hbond substituents is 2. The number of benzene rings is 2. The molecule has 0 aromatic heterocycles. The molecule has 4 heteroatoms. The van der Waals surface area contributed by atoms with Crippen LogP contribution in [0.5, 0.6) is 11.5 Å². The summed E-state index contributed by atoms with van der Waals surface area (Å²) in [4.78, 5) is 11.9. The van der Waals surface area contributed by atoms with Crippen molar-refractivity contribution in [2.75, 3.05) is 6.54 Å². The third-order valence-corrected chi connectivity index (χ3v) is 3.10. The number of hydrogen-bond acceptors (Lipinski definition) is 4. The number of unbranched alkanes of at least 4 members (excludes halogenated alkanes) is 2. The van der Waals surface area contributed by atoms with E-state index in [1.165, 1.54) is 37.5 Å².